The Bertz CT molecular complexity index is 620. The molecule has 0 bridgehead atoms. The Kier molecular flexibility index (Phi) is 4.26. The second-order valence-corrected chi connectivity index (χ2v) is 6.23. The van der Waals surface area contributed by atoms with Crippen LogP contribution in [0.1, 0.15) is 24.4 Å². The Morgan fingerprint density at radius 1 is 1.29 bits per heavy atom. The molecule has 21 heavy (non-hydrogen) atoms. The third kappa shape index (κ3) is 3.27. The van der Waals surface area contributed by atoms with Crippen LogP contribution in [0.5, 0.6) is 0 Å². The fourth-order valence-electron chi connectivity index (χ4n) is 2.81. The van der Waals surface area contributed by atoms with Crippen LogP contribution in [0.25, 0.3) is 0 Å². The van der Waals surface area contributed by atoms with Gasteiger partial charge in [0.05, 0.1) is 10.5 Å². The van der Waals surface area contributed by atoms with E-state index < -0.39 is 0 Å². The van der Waals surface area contributed by atoms with Crippen molar-refractivity contribution >= 4 is 21.7 Å². The van der Waals surface area contributed by atoms with Crippen molar-refractivity contribution in [1.82, 2.24) is 14.7 Å². The van der Waals surface area contributed by atoms with Crippen LogP contribution in [0.2, 0.25) is 0 Å². The topological polar surface area (TPSA) is 47.1 Å². The average molecular weight is 353 g/mol. The summed E-state index contributed by atoms with van der Waals surface area (Å²) in [4.78, 5) is 2.35. The molecule has 0 amide bonds. The lowest BCUT2D eigenvalue weighted by atomic mass is 10.0. The van der Waals surface area contributed by atoms with Crippen LogP contribution < -0.4 is 5.73 Å². The lowest BCUT2D eigenvalue weighted by Gasteiger charge is -2.32. The smallest absolute Gasteiger partial charge is 0.145 e. The Hall–Kier alpha value is -1.40. The maximum atomic E-state index is 13.5. The maximum Gasteiger partial charge on any atom is 0.145 e. The van der Waals surface area contributed by atoms with E-state index in [2.05, 4.69) is 25.9 Å². The van der Waals surface area contributed by atoms with Crippen LogP contribution in [-0.2, 0) is 6.54 Å². The van der Waals surface area contributed by atoms with Gasteiger partial charge in [0.15, 0.2) is 0 Å². The summed E-state index contributed by atoms with van der Waals surface area (Å²) in [6, 6.07) is 7.44. The molecule has 0 aliphatic carbocycles. The first-order valence-electron chi connectivity index (χ1n) is 7.09. The number of hydrogen-bond acceptors (Lipinski definition) is 3. The molecule has 1 aliphatic heterocycles. The normalized spacial score (nSPS) is 17.2. The predicted molar refractivity (Wildman–Crippen MR) is 84.3 cm³/mol. The number of halogens is 2. The lowest BCUT2D eigenvalue weighted by Crippen LogP contribution is -2.34. The average Bonchev–Trinajstić information content (AvgIpc) is 2.91. The number of hydrogen-bond donors (Lipinski definition) is 1. The summed E-state index contributed by atoms with van der Waals surface area (Å²) in [5.74, 6) is 0.371. The Morgan fingerprint density at radius 2 is 2.05 bits per heavy atom. The van der Waals surface area contributed by atoms with Gasteiger partial charge in [-0.2, -0.15) is 5.10 Å². The number of anilines is 1. The van der Waals surface area contributed by atoms with Crippen LogP contribution in [0.4, 0.5) is 10.2 Å². The van der Waals surface area contributed by atoms with E-state index in [-0.39, 0.29) is 5.82 Å². The van der Waals surface area contributed by atoms with E-state index in [1.54, 1.807) is 6.07 Å². The monoisotopic (exact) mass is 352 g/mol. The minimum atomic E-state index is -0.200. The number of likely N-dealkylation sites (tertiary alicyclic amines) is 1. The molecule has 6 heteroatoms. The Balaban J connectivity index is 1.60. The standard InChI is InChI=1S/C15H18BrFN4/c16-15-11(2-1-3-13(15)17)10-20-7-4-12(5-8-20)21-9-6-14(18)19-21/h1-3,6,9,12H,4-5,7-8,10H2,(H2,18,19). The van der Waals surface area contributed by atoms with Gasteiger partial charge < -0.3 is 5.73 Å². The molecule has 1 aromatic heterocycles. The zero-order chi connectivity index (χ0) is 14.8. The van der Waals surface area contributed by atoms with E-state index in [1.807, 2.05) is 23.0 Å². The molecule has 1 aromatic carbocycles. The largest absolute Gasteiger partial charge is 0.382 e. The second-order valence-electron chi connectivity index (χ2n) is 5.44. The summed E-state index contributed by atoms with van der Waals surface area (Å²) in [6.45, 7) is 2.73. The minimum absolute atomic E-state index is 0.200. The zero-order valence-corrected chi connectivity index (χ0v) is 13.3. The number of piperidine rings is 1. The summed E-state index contributed by atoms with van der Waals surface area (Å²) >= 11 is 3.33. The molecule has 112 valence electrons. The summed E-state index contributed by atoms with van der Waals surface area (Å²) < 4.78 is 16.1. The summed E-state index contributed by atoms with van der Waals surface area (Å²) in [5, 5.41) is 4.29. The lowest BCUT2D eigenvalue weighted by molar-refractivity contribution is 0.173. The van der Waals surface area contributed by atoms with E-state index in [0.29, 0.717) is 16.3 Å². The number of benzene rings is 1. The van der Waals surface area contributed by atoms with Gasteiger partial charge in [0.25, 0.3) is 0 Å². The van der Waals surface area contributed by atoms with E-state index in [4.69, 9.17) is 5.73 Å². The van der Waals surface area contributed by atoms with Crippen LogP contribution in [-0.4, -0.2) is 27.8 Å². The quantitative estimate of drug-likeness (QED) is 0.922. The highest BCUT2D eigenvalue weighted by molar-refractivity contribution is 9.10. The van der Waals surface area contributed by atoms with Gasteiger partial charge in [-0.1, -0.05) is 12.1 Å². The van der Waals surface area contributed by atoms with Crippen molar-refractivity contribution in [2.75, 3.05) is 18.8 Å². The molecule has 0 atom stereocenters. The summed E-state index contributed by atoms with van der Waals surface area (Å²) in [6.07, 6.45) is 4.01. The highest BCUT2D eigenvalue weighted by Crippen LogP contribution is 2.26. The number of nitrogen functional groups attached to an aromatic ring is 1. The molecule has 1 saturated heterocycles. The first-order valence-corrected chi connectivity index (χ1v) is 7.88. The number of nitrogens with zero attached hydrogens (tertiary/aromatic N) is 3. The third-order valence-electron chi connectivity index (χ3n) is 3.99. The fourth-order valence-corrected chi connectivity index (χ4v) is 3.20. The molecule has 0 spiro atoms. The Morgan fingerprint density at radius 3 is 2.71 bits per heavy atom. The Labute approximate surface area is 131 Å². The van der Waals surface area contributed by atoms with Gasteiger partial charge >= 0.3 is 0 Å². The van der Waals surface area contributed by atoms with Gasteiger partial charge in [0.1, 0.15) is 11.6 Å². The van der Waals surface area contributed by atoms with Gasteiger partial charge in [0.2, 0.25) is 0 Å². The van der Waals surface area contributed by atoms with Gasteiger partial charge in [-0.25, -0.2) is 4.39 Å². The molecule has 1 fully saturated rings. The van der Waals surface area contributed by atoms with E-state index >= 15 is 0 Å². The SMILES string of the molecule is Nc1ccn(C2CCN(Cc3cccc(F)c3Br)CC2)n1. The summed E-state index contributed by atoms with van der Waals surface area (Å²) in [7, 11) is 0. The molecule has 4 nitrogen and oxygen atoms in total. The number of rotatable bonds is 3. The van der Waals surface area contributed by atoms with Crippen molar-refractivity contribution < 1.29 is 4.39 Å². The van der Waals surface area contributed by atoms with E-state index in [1.165, 1.54) is 6.07 Å². The van der Waals surface area contributed by atoms with Crippen molar-refractivity contribution in [2.24, 2.45) is 0 Å². The number of aromatic nitrogens is 2. The van der Waals surface area contributed by atoms with Crippen molar-refractivity contribution in [3.8, 4) is 0 Å². The molecule has 3 rings (SSSR count). The molecule has 2 N–H and O–H groups in total. The molecule has 0 radical (unpaired) electrons. The maximum absolute atomic E-state index is 13.5. The van der Waals surface area contributed by atoms with Crippen LogP contribution in [0.15, 0.2) is 34.9 Å². The first-order chi connectivity index (χ1) is 10.1. The van der Waals surface area contributed by atoms with E-state index in [0.717, 1.165) is 38.0 Å². The molecular weight excluding hydrogens is 335 g/mol. The fraction of sp³-hybridized carbons (Fsp3) is 0.400. The molecule has 2 heterocycles. The summed E-state index contributed by atoms with van der Waals surface area (Å²) in [5.41, 5.74) is 6.66. The van der Waals surface area contributed by atoms with Crippen molar-refractivity contribution in [2.45, 2.75) is 25.4 Å². The number of nitrogens with two attached hydrogens (primary N) is 1. The highest BCUT2D eigenvalue weighted by atomic mass is 79.9. The third-order valence-corrected chi connectivity index (χ3v) is 4.87. The minimum Gasteiger partial charge on any atom is -0.382 e. The van der Waals surface area contributed by atoms with Crippen LogP contribution in [0.3, 0.4) is 0 Å². The first kappa shape index (κ1) is 14.5. The van der Waals surface area contributed by atoms with Gasteiger partial charge in [-0.15, -0.1) is 0 Å². The molecule has 0 saturated carbocycles. The van der Waals surface area contributed by atoms with Crippen molar-refractivity contribution in [1.29, 1.82) is 0 Å². The zero-order valence-electron chi connectivity index (χ0n) is 11.7. The van der Waals surface area contributed by atoms with Crippen molar-refractivity contribution in [3.05, 3.63) is 46.3 Å². The van der Waals surface area contributed by atoms with Crippen LogP contribution in [0, 0.1) is 5.82 Å². The van der Waals surface area contributed by atoms with Gasteiger partial charge in [-0.05, 0) is 46.5 Å². The van der Waals surface area contributed by atoms with Gasteiger partial charge in [0, 0.05) is 25.8 Å². The van der Waals surface area contributed by atoms with Gasteiger partial charge in [-0.3, -0.25) is 9.58 Å². The van der Waals surface area contributed by atoms with Crippen LogP contribution >= 0.6 is 15.9 Å². The molecule has 0 unspecified atom stereocenters. The second kappa shape index (κ2) is 6.15. The predicted octanol–water partition coefficient (Wildman–Crippen LogP) is 3.20. The van der Waals surface area contributed by atoms with Crippen molar-refractivity contribution in [3.63, 3.8) is 0 Å². The molecule has 2 aromatic rings. The molecule has 1 aliphatic rings. The van der Waals surface area contributed by atoms with E-state index in [9.17, 15) is 4.39 Å². The highest BCUT2D eigenvalue weighted by Gasteiger charge is 2.21. The molecular formula is C15H18BrFN4.